The minimum absolute atomic E-state index is 0.0156. The Kier molecular flexibility index (Phi) is 2.19. The molecule has 0 unspecified atom stereocenters. The second kappa shape index (κ2) is 3.33. The lowest BCUT2D eigenvalue weighted by Gasteiger charge is -2.25. The molecule has 0 spiro atoms. The first-order valence-electron chi connectivity index (χ1n) is 4.82. The maximum absolute atomic E-state index is 11.2. The summed E-state index contributed by atoms with van der Waals surface area (Å²) in [6, 6.07) is 0.0156. The average molecular weight is 167 g/mol. The molecule has 0 aromatic rings. The fourth-order valence-electron chi connectivity index (χ4n) is 1.58. The van der Waals surface area contributed by atoms with Crippen molar-refractivity contribution in [2.75, 3.05) is 19.6 Å². The predicted octanol–water partition coefficient (Wildman–Crippen LogP) is 1.22. The van der Waals surface area contributed by atoms with Gasteiger partial charge in [0, 0.05) is 19.6 Å². The largest absolute Gasteiger partial charge is 0.338 e. The number of hydrogen-bond donors (Lipinski definition) is 0. The van der Waals surface area contributed by atoms with E-state index < -0.39 is 0 Å². The second-order valence-electron chi connectivity index (χ2n) is 3.74. The lowest BCUT2D eigenvalue weighted by Crippen LogP contribution is -2.43. The minimum Gasteiger partial charge on any atom is -0.323 e. The summed E-state index contributed by atoms with van der Waals surface area (Å²) in [4.78, 5) is 13.1. The molecule has 0 bridgehead atoms. The molecule has 0 aromatic carbocycles. The van der Waals surface area contributed by atoms with Crippen molar-refractivity contribution in [3.8, 4) is 0 Å². The van der Waals surface area contributed by atoms with Gasteiger partial charge in [0.2, 0.25) is 0 Å². The maximum atomic E-state index is 11.2. The van der Waals surface area contributed by atoms with Crippen LogP contribution < -0.4 is 5.32 Å². The van der Waals surface area contributed by atoms with Gasteiger partial charge < -0.3 is 4.90 Å². The van der Waals surface area contributed by atoms with E-state index >= 15 is 0 Å². The number of nitrogens with zero attached hydrogens (tertiary/aromatic N) is 2. The van der Waals surface area contributed by atoms with Gasteiger partial charge in [-0.3, -0.25) is 0 Å². The fraction of sp³-hybridized carbons (Fsp3) is 0.889. The zero-order chi connectivity index (χ0) is 8.39. The first-order chi connectivity index (χ1) is 5.86. The van der Waals surface area contributed by atoms with E-state index in [0.29, 0.717) is 0 Å². The van der Waals surface area contributed by atoms with Gasteiger partial charge in [-0.1, -0.05) is 12.8 Å². The molecule has 1 radical (unpaired) electrons. The number of carbonyl (C=O) groups is 1. The third-order valence-electron chi connectivity index (χ3n) is 2.61. The Morgan fingerprint density at radius 1 is 1.50 bits per heavy atom. The van der Waals surface area contributed by atoms with E-state index in [-0.39, 0.29) is 6.03 Å². The summed E-state index contributed by atoms with van der Waals surface area (Å²) in [5.74, 6) is 0.916. The van der Waals surface area contributed by atoms with Gasteiger partial charge >= 0.3 is 6.03 Å². The van der Waals surface area contributed by atoms with Crippen LogP contribution in [0.4, 0.5) is 4.79 Å². The van der Waals surface area contributed by atoms with Crippen LogP contribution in [0.5, 0.6) is 0 Å². The second-order valence-corrected chi connectivity index (χ2v) is 3.74. The van der Waals surface area contributed by atoms with E-state index in [9.17, 15) is 4.79 Å². The lowest BCUT2D eigenvalue weighted by molar-refractivity contribution is 0.183. The summed E-state index contributed by atoms with van der Waals surface area (Å²) in [7, 11) is 0. The molecule has 1 heterocycles. The van der Waals surface area contributed by atoms with Gasteiger partial charge in [0.25, 0.3) is 0 Å². The Labute approximate surface area is 73.1 Å². The molecule has 1 aliphatic carbocycles. The van der Waals surface area contributed by atoms with Crippen molar-refractivity contribution >= 4 is 6.03 Å². The SMILES string of the molecule is O=C1[N]CCCN1CCC1CC1. The van der Waals surface area contributed by atoms with Gasteiger partial charge in [-0.2, -0.15) is 0 Å². The van der Waals surface area contributed by atoms with Crippen LogP contribution in [0.3, 0.4) is 0 Å². The third kappa shape index (κ3) is 1.90. The van der Waals surface area contributed by atoms with Crippen molar-refractivity contribution in [2.45, 2.75) is 25.7 Å². The molecule has 2 fully saturated rings. The van der Waals surface area contributed by atoms with Gasteiger partial charge in [0.1, 0.15) is 0 Å². The van der Waals surface area contributed by atoms with Crippen LogP contribution in [0, 0.1) is 5.92 Å². The topological polar surface area (TPSA) is 34.4 Å². The summed E-state index contributed by atoms with van der Waals surface area (Å²) >= 11 is 0. The van der Waals surface area contributed by atoms with E-state index in [2.05, 4.69) is 5.32 Å². The number of amides is 2. The Morgan fingerprint density at radius 3 is 3.00 bits per heavy atom. The Bertz CT molecular complexity index is 177. The zero-order valence-electron chi connectivity index (χ0n) is 7.33. The van der Waals surface area contributed by atoms with E-state index in [0.717, 1.165) is 32.0 Å². The van der Waals surface area contributed by atoms with E-state index in [1.165, 1.54) is 19.3 Å². The van der Waals surface area contributed by atoms with Crippen LogP contribution in [-0.2, 0) is 0 Å². The van der Waals surface area contributed by atoms with Crippen LogP contribution in [0.25, 0.3) is 0 Å². The molecule has 3 heteroatoms. The van der Waals surface area contributed by atoms with Crippen molar-refractivity contribution in [1.82, 2.24) is 10.2 Å². The molecule has 12 heavy (non-hydrogen) atoms. The third-order valence-corrected chi connectivity index (χ3v) is 2.61. The Balaban J connectivity index is 1.72. The summed E-state index contributed by atoms with van der Waals surface area (Å²) < 4.78 is 0. The number of rotatable bonds is 3. The highest BCUT2D eigenvalue weighted by Gasteiger charge is 2.24. The molecule has 3 nitrogen and oxygen atoms in total. The Morgan fingerprint density at radius 2 is 2.33 bits per heavy atom. The standard InChI is InChI=1S/C9H15N2O/c12-9-10-5-1-6-11(9)7-4-8-2-3-8/h8H,1-7H2. The highest BCUT2D eigenvalue weighted by atomic mass is 16.2. The van der Waals surface area contributed by atoms with Crippen LogP contribution in [0.1, 0.15) is 25.7 Å². The highest BCUT2D eigenvalue weighted by Crippen LogP contribution is 2.32. The molecule has 67 valence electrons. The summed E-state index contributed by atoms with van der Waals surface area (Å²) in [6.07, 6.45) is 5.00. The Hall–Kier alpha value is -0.730. The molecule has 2 aliphatic rings. The van der Waals surface area contributed by atoms with Gasteiger partial charge in [-0.15, -0.1) is 0 Å². The number of hydrogen-bond acceptors (Lipinski definition) is 1. The van der Waals surface area contributed by atoms with Crippen molar-refractivity contribution in [3.63, 3.8) is 0 Å². The van der Waals surface area contributed by atoms with Crippen molar-refractivity contribution < 1.29 is 4.79 Å². The monoisotopic (exact) mass is 167 g/mol. The molecular formula is C9H15N2O. The first kappa shape index (κ1) is 7.90. The van der Waals surface area contributed by atoms with Crippen LogP contribution >= 0.6 is 0 Å². The summed E-state index contributed by atoms with van der Waals surface area (Å²) in [5.41, 5.74) is 0. The van der Waals surface area contributed by atoms with Crippen molar-refractivity contribution in [1.29, 1.82) is 0 Å². The fourth-order valence-corrected chi connectivity index (χ4v) is 1.58. The predicted molar refractivity (Wildman–Crippen MR) is 45.9 cm³/mol. The molecule has 0 atom stereocenters. The number of carbonyl (C=O) groups excluding carboxylic acids is 1. The minimum atomic E-state index is 0.0156. The van der Waals surface area contributed by atoms with Gasteiger partial charge in [-0.05, 0) is 18.8 Å². The number of urea groups is 1. The van der Waals surface area contributed by atoms with Gasteiger partial charge in [0.05, 0.1) is 0 Å². The van der Waals surface area contributed by atoms with E-state index in [1.54, 1.807) is 0 Å². The average Bonchev–Trinajstić information content (AvgIpc) is 2.86. The molecule has 1 aliphatic heterocycles. The summed E-state index contributed by atoms with van der Waals surface area (Å²) in [5, 5.41) is 3.90. The lowest BCUT2D eigenvalue weighted by atomic mass is 10.2. The van der Waals surface area contributed by atoms with Crippen molar-refractivity contribution in [2.24, 2.45) is 5.92 Å². The molecule has 2 rings (SSSR count). The van der Waals surface area contributed by atoms with Crippen LogP contribution in [-0.4, -0.2) is 30.6 Å². The molecule has 1 saturated heterocycles. The summed E-state index contributed by atoms with van der Waals surface area (Å²) in [6.45, 7) is 2.60. The normalized spacial score (nSPS) is 24.0. The quantitative estimate of drug-likeness (QED) is 0.622. The first-order valence-corrected chi connectivity index (χ1v) is 4.82. The van der Waals surface area contributed by atoms with E-state index in [1.807, 2.05) is 4.90 Å². The van der Waals surface area contributed by atoms with Gasteiger partial charge in [0.15, 0.2) is 0 Å². The smallest absolute Gasteiger partial charge is 0.323 e. The molecule has 1 saturated carbocycles. The maximum Gasteiger partial charge on any atom is 0.338 e. The van der Waals surface area contributed by atoms with E-state index in [4.69, 9.17) is 0 Å². The van der Waals surface area contributed by atoms with Gasteiger partial charge in [-0.25, -0.2) is 10.1 Å². The highest BCUT2D eigenvalue weighted by molar-refractivity contribution is 5.74. The molecule has 2 amide bonds. The molecule has 0 N–H and O–H groups in total. The molecular weight excluding hydrogens is 152 g/mol. The van der Waals surface area contributed by atoms with Crippen LogP contribution in [0.15, 0.2) is 0 Å². The zero-order valence-corrected chi connectivity index (χ0v) is 7.33. The molecule has 0 aromatic heterocycles. The van der Waals surface area contributed by atoms with Crippen molar-refractivity contribution in [3.05, 3.63) is 0 Å². The van der Waals surface area contributed by atoms with Crippen LogP contribution in [0.2, 0.25) is 0 Å².